The van der Waals surface area contributed by atoms with E-state index in [0.717, 1.165) is 15.8 Å². The number of alkyl halides is 3. The molecule has 1 aromatic carbocycles. The summed E-state index contributed by atoms with van der Waals surface area (Å²) < 4.78 is 40.1. The minimum absolute atomic E-state index is 0.00433. The zero-order valence-electron chi connectivity index (χ0n) is 12.8. The van der Waals surface area contributed by atoms with Gasteiger partial charge in [0, 0.05) is 6.54 Å². The molecular weight excluding hydrogens is 293 g/mol. The molecule has 1 heterocycles. The van der Waals surface area contributed by atoms with Gasteiger partial charge < -0.3 is 5.73 Å². The number of rotatable bonds is 3. The van der Waals surface area contributed by atoms with Gasteiger partial charge in [0.25, 0.3) is 0 Å². The predicted octanol–water partition coefficient (Wildman–Crippen LogP) is 3.10. The fourth-order valence-corrected chi connectivity index (χ4v) is 2.19. The minimum atomic E-state index is -4.52. The summed E-state index contributed by atoms with van der Waals surface area (Å²) in [7, 11) is 0. The number of hydrogen-bond donors (Lipinski definition) is 1. The third-order valence-electron chi connectivity index (χ3n) is 3.42. The predicted molar refractivity (Wildman–Crippen MR) is 77.2 cm³/mol. The highest BCUT2D eigenvalue weighted by atomic mass is 19.4. The number of hydrogen-bond acceptors (Lipinski definition) is 3. The molecule has 0 radical (unpaired) electrons. The fourth-order valence-electron chi connectivity index (χ4n) is 2.19. The Balaban J connectivity index is 2.30. The van der Waals surface area contributed by atoms with Crippen LogP contribution in [-0.4, -0.2) is 15.0 Å². The zero-order chi connectivity index (χ0) is 16.5. The van der Waals surface area contributed by atoms with Gasteiger partial charge in [-0.25, -0.2) is 4.68 Å². The van der Waals surface area contributed by atoms with E-state index in [0.29, 0.717) is 0 Å². The average molecular weight is 312 g/mol. The van der Waals surface area contributed by atoms with Crippen LogP contribution in [-0.2, 0) is 24.7 Å². The molecule has 4 nitrogen and oxygen atoms in total. The molecule has 7 heteroatoms. The first-order chi connectivity index (χ1) is 10.1. The first-order valence-corrected chi connectivity index (χ1v) is 6.92. The normalized spacial score (nSPS) is 12.7. The van der Waals surface area contributed by atoms with E-state index in [9.17, 15) is 13.2 Å². The Labute approximate surface area is 127 Å². The summed E-state index contributed by atoms with van der Waals surface area (Å²) in [5, 5.41) is 7.11. The van der Waals surface area contributed by atoms with E-state index in [1.165, 1.54) is 0 Å². The van der Waals surface area contributed by atoms with Crippen LogP contribution in [0.4, 0.5) is 13.2 Å². The molecule has 0 atom stereocenters. The van der Waals surface area contributed by atoms with E-state index < -0.39 is 11.9 Å². The maximum Gasteiger partial charge on any atom is 0.434 e. The zero-order valence-corrected chi connectivity index (χ0v) is 12.8. The highest BCUT2D eigenvalue weighted by Gasteiger charge is 2.38. The molecule has 2 N–H and O–H groups in total. The van der Waals surface area contributed by atoms with E-state index >= 15 is 0 Å². The first kappa shape index (κ1) is 16.5. The quantitative estimate of drug-likeness (QED) is 0.947. The lowest BCUT2D eigenvalue weighted by Gasteiger charge is -2.19. The number of nitrogens with two attached hydrogens (primary N) is 1. The van der Waals surface area contributed by atoms with E-state index in [4.69, 9.17) is 5.73 Å². The molecule has 0 aliphatic carbocycles. The van der Waals surface area contributed by atoms with E-state index in [-0.39, 0.29) is 24.2 Å². The van der Waals surface area contributed by atoms with Crippen molar-refractivity contribution in [1.82, 2.24) is 15.0 Å². The Morgan fingerprint density at radius 2 is 1.68 bits per heavy atom. The molecule has 0 unspecified atom stereocenters. The third-order valence-corrected chi connectivity index (χ3v) is 3.42. The van der Waals surface area contributed by atoms with Crippen molar-refractivity contribution in [2.24, 2.45) is 5.73 Å². The molecule has 2 aromatic rings. The van der Waals surface area contributed by atoms with Crippen LogP contribution in [0.1, 0.15) is 43.3 Å². The monoisotopic (exact) mass is 312 g/mol. The molecule has 0 saturated carbocycles. The van der Waals surface area contributed by atoms with Crippen molar-refractivity contribution in [2.45, 2.75) is 45.5 Å². The SMILES string of the molecule is CC(C)(C)c1ccc(Cn2nnc(CN)c2C(F)(F)F)cc1. The third kappa shape index (κ3) is 3.47. The number of nitrogens with zero attached hydrogens (tertiary/aromatic N) is 3. The fraction of sp³-hybridized carbons (Fsp3) is 0.467. The van der Waals surface area contributed by atoms with E-state index in [1.54, 1.807) is 0 Å². The summed E-state index contributed by atoms with van der Waals surface area (Å²) in [6, 6.07) is 7.46. The Morgan fingerprint density at radius 3 is 2.14 bits per heavy atom. The van der Waals surface area contributed by atoms with Crippen molar-refractivity contribution in [3.8, 4) is 0 Å². The average Bonchev–Trinajstić information content (AvgIpc) is 2.81. The molecule has 0 saturated heterocycles. The van der Waals surface area contributed by atoms with Crippen LogP contribution < -0.4 is 5.73 Å². The standard InChI is InChI=1S/C15H19F3N4/c1-14(2,3)11-6-4-10(5-7-11)9-22-13(15(16,17)18)12(8-19)20-21-22/h4-7H,8-9,19H2,1-3H3. The number of aromatic nitrogens is 3. The molecular formula is C15H19F3N4. The van der Waals surface area contributed by atoms with Gasteiger partial charge >= 0.3 is 6.18 Å². The van der Waals surface area contributed by atoms with E-state index in [2.05, 4.69) is 31.1 Å². The Bertz CT molecular complexity index is 636. The lowest BCUT2D eigenvalue weighted by atomic mass is 9.87. The second kappa shape index (κ2) is 5.72. The molecule has 0 spiro atoms. The Morgan fingerprint density at radius 1 is 1.09 bits per heavy atom. The molecule has 2 rings (SSSR count). The second-order valence-electron chi connectivity index (χ2n) is 6.19. The molecule has 22 heavy (non-hydrogen) atoms. The maximum absolute atomic E-state index is 13.1. The Kier molecular flexibility index (Phi) is 4.28. The van der Waals surface area contributed by atoms with Gasteiger partial charge in [-0.05, 0) is 16.5 Å². The molecule has 120 valence electrons. The Hall–Kier alpha value is -1.89. The highest BCUT2D eigenvalue weighted by Crippen LogP contribution is 2.31. The van der Waals surface area contributed by atoms with Crippen molar-refractivity contribution in [2.75, 3.05) is 0 Å². The summed E-state index contributed by atoms with van der Waals surface area (Å²) in [6.07, 6.45) is -4.52. The number of benzene rings is 1. The molecule has 0 bridgehead atoms. The van der Waals surface area contributed by atoms with Crippen molar-refractivity contribution >= 4 is 0 Å². The van der Waals surface area contributed by atoms with Crippen LogP contribution in [0.2, 0.25) is 0 Å². The molecule has 0 aliphatic heterocycles. The largest absolute Gasteiger partial charge is 0.434 e. The summed E-state index contributed by atoms with van der Waals surface area (Å²) in [4.78, 5) is 0. The van der Waals surface area contributed by atoms with Gasteiger partial charge in [0.05, 0.1) is 6.54 Å². The number of halogens is 3. The van der Waals surface area contributed by atoms with Crippen LogP contribution in [0.15, 0.2) is 24.3 Å². The summed E-state index contributed by atoms with van der Waals surface area (Å²) in [6.45, 7) is 5.95. The molecule has 0 amide bonds. The summed E-state index contributed by atoms with van der Waals surface area (Å²) >= 11 is 0. The smallest absolute Gasteiger partial charge is 0.325 e. The van der Waals surface area contributed by atoms with Crippen molar-refractivity contribution in [3.05, 3.63) is 46.8 Å². The van der Waals surface area contributed by atoms with Crippen LogP contribution in [0.25, 0.3) is 0 Å². The van der Waals surface area contributed by atoms with E-state index in [1.807, 2.05) is 24.3 Å². The molecule has 0 fully saturated rings. The minimum Gasteiger partial charge on any atom is -0.325 e. The second-order valence-corrected chi connectivity index (χ2v) is 6.19. The van der Waals surface area contributed by atoms with Gasteiger partial charge in [-0.3, -0.25) is 0 Å². The first-order valence-electron chi connectivity index (χ1n) is 6.92. The molecule has 0 aliphatic rings. The van der Waals surface area contributed by atoms with Gasteiger partial charge in [-0.1, -0.05) is 50.3 Å². The molecule has 1 aromatic heterocycles. The van der Waals surface area contributed by atoms with Crippen LogP contribution in [0, 0.1) is 0 Å². The van der Waals surface area contributed by atoms with Crippen molar-refractivity contribution in [3.63, 3.8) is 0 Å². The lowest BCUT2D eigenvalue weighted by molar-refractivity contribution is -0.144. The van der Waals surface area contributed by atoms with Crippen molar-refractivity contribution in [1.29, 1.82) is 0 Å². The van der Waals surface area contributed by atoms with Gasteiger partial charge in [-0.2, -0.15) is 13.2 Å². The topological polar surface area (TPSA) is 56.7 Å². The summed E-state index contributed by atoms with van der Waals surface area (Å²) in [5.74, 6) is 0. The maximum atomic E-state index is 13.1. The highest BCUT2D eigenvalue weighted by molar-refractivity contribution is 5.28. The van der Waals surface area contributed by atoms with Gasteiger partial charge in [0.1, 0.15) is 5.69 Å². The van der Waals surface area contributed by atoms with Gasteiger partial charge in [0.2, 0.25) is 0 Å². The van der Waals surface area contributed by atoms with Crippen LogP contribution in [0.3, 0.4) is 0 Å². The lowest BCUT2D eigenvalue weighted by Crippen LogP contribution is -2.18. The van der Waals surface area contributed by atoms with Crippen molar-refractivity contribution < 1.29 is 13.2 Å². The van der Waals surface area contributed by atoms with Crippen LogP contribution >= 0.6 is 0 Å². The van der Waals surface area contributed by atoms with Gasteiger partial charge in [-0.15, -0.1) is 5.10 Å². The van der Waals surface area contributed by atoms with Crippen LogP contribution in [0.5, 0.6) is 0 Å². The summed E-state index contributed by atoms with van der Waals surface area (Å²) in [5.41, 5.74) is 6.03. The van der Waals surface area contributed by atoms with Gasteiger partial charge in [0.15, 0.2) is 5.69 Å².